The van der Waals surface area contributed by atoms with Crippen LogP contribution in [0.3, 0.4) is 0 Å². The minimum Gasteiger partial charge on any atom is -0.421 e. The second-order valence-corrected chi connectivity index (χ2v) is 5.69. The van der Waals surface area contributed by atoms with E-state index in [1.165, 1.54) is 0 Å². The van der Waals surface area contributed by atoms with E-state index in [0.717, 1.165) is 16.7 Å². The van der Waals surface area contributed by atoms with Gasteiger partial charge in [-0.25, -0.2) is 0 Å². The molecule has 0 aliphatic rings. The molecule has 1 heterocycles. The predicted octanol–water partition coefficient (Wildman–Crippen LogP) is 3.33. The fourth-order valence-electron chi connectivity index (χ4n) is 2.50. The van der Waals surface area contributed by atoms with Crippen molar-refractivity contribution in [2.24, 2.45) is 0 Å². The van der Waals surface area contributed by atoms with Crippen LogP contribution in [-0.2, 0) is 6.42 Å². The van der Waals surface area contributed by atoms with Crippen LogP contribution in [0.25, 0.3) is 11.5 Å². The number of hydrogen-bond donors (Lipinski definition) is 1. The molecule has 0 aliphatic carbocycles. The van der Waals surface area contributed by atoms with Gasteiger partial charge in [-0.15, -0.1) is 10.2 Å². The summed E-state index contributed by atoms with van der Waals surface area (Å²) in [4.78, 5) is 12.2. The van der Waals surface area contributed by atoms with Crippen LogP contribution >= 0.6 is 0 Å². The average molecular weight is 321 g/mol. The van der Waals surface area contributed by atoms with Crippen LogP contribution in [0.5, 0.6) is 0 Å². The Hall–Kier alpha value is -2.95. The van der Waals surface area contributed by atoms with Gasteiger partial charge in [0.2, 0.25) is 11.8 Å². The van der Waals surface area contributed by atoms with E-state index in [9.17, 15) is 4.79 Å². The third-order valence-corrected chi connectivity index (χ3v) is 3.74. The molecule has 24 heavy (non-hydrogen) atoms. The van der Waals surface area contributed by atoms with Crippen LogP contribution < -0.4 is 5.32 Å². The Balaban J connectivity index is 1.57. The van der Waals surface area contributed by atoms with E-state index in [1.54, 1.807) is 0 Å². The number of aromatic nitrogens is 2. The molecule has 1 aromatic heterocycles. The normalized spacial score (nSPS) is 10.6. The van der Waals surface area contributed by atoms with E-state index in [-0.39, 0.29) is 5.91 Å². The van der Waals surface area contributed by atoms with E-state index in [1.807, 2.05) is 62.4 Å². The summed E-state index contributed by atoms with van der Waals surface area (Å²) in [6.45, 7) is 4.39. The Bertz CT molecular complexity index is 841. The number of carbonyl (C=O) groups excluding carboxylic acids is 1. The van der Waals surface area contributed by atoms with Crippen molar-refractivity contribution >= 4 is 5.91 Å². The van der Waals surface area contributed by atoms with E-state index >= 15 is 0 Å². The molecule has 3 aromatic rings. The summed E-state index contributed by atoms with van der Waals surface area (Å²) >= 11 is 0. The first-order valence-corrected chi connectivity index (χ1v) is 7.87. The van der Waals surface area contributed by atoms with Crippen LogP contribution in [-0.4, -0.2) is 22.6 Å². The van der Waals surface area contributed by atoms with E-state index < -0.39 is 0 Å². The molecule has 0 saturated heterocycles. The third kappa shape index (κ3) is 3.68. The van der Waals surface area contributed by atoms with Gasteiger partial charge in [0.25, 0.3) is 5.91 Å². The van der Waals surface area contributed by atoms with Crippen molar-refractivity contribution in [3.05, 3.63) is 71.1 Å². The van der Waals surface area contributed by atoms with E-state index in [2.05, 4.69) is 15.5 Å². The van der Waals surface area contributed by atoms with Crippen LogP contribution in [0, 0.1) is 13.8 Å². The van der Waals surface area contributed by atoms with Crippen LogP contribution in [0.15, 0.2) is 52.9 Å². The second-order valence-electron chi connectivity index (χ2n) is 5.69. The van der Waals surface area contributed by atoms with Gasteiger partial charge in [-0.1, -0.05) is 35.9 Å². The minimum atomic E-state index is -0.0877. The fraction of sp³-hybridized carbons (Fsp3) is 0.211. The van der Waals surface area contributed by atoms with Crippen LogP contribution in [0.4, 0.5) is 0 Å². The topological polar surface area (TPSA) is 68.0 Å². The van der Waals surface area contributed by atoms with E-state index in [0.29, 0.717) is 30.3 Å². The summed E-state index contributed by atoms with van der Waals surface area (Å²) < 4.78 is 5.62. The zero-order valence-corrected chi connectivity index (χ0v) is 13.7. The number of nitrogens with zero attached hydrogens (tertiary/aromatic N) is 2. The quantitative estimate of drug-likeness (QED) is 0.782. The van der Waals surface area contributed by atoms with Crippen molar-refractivity contribution in [3.63, 3.8) is 0 Å². The number of amides is 1. The molecule has 0 fully saturated rings. The van der Waals surface area contributed by atoms with Crippen LogP contribution in [0.2, 0.25) is 0 Å². The molecular formula is C19H19N3O2. The first-order valence-electron chi connectivity index (χ1n) is 7.87. The average Bonchev–Trinajstić information content (AvgIpc) is 3.04. The maximum absolute atomic E-state index is 12.2. The van der Waals surface area contributed by atoms with Gasteiger partial charge in [0, 0.05) is 24.1 Å². The molecule has 5 heteroatoms. The summed E-state index contributed by atoms with van der Waals surface area (Å²) in [6.07, 6.45) is 0.497. The van der Waals surface area contributed by atoms with Gasteiger partial charge in [0.15, 0.2) is 0 Å². The SMILES string of the molecule is Cc1ccc(C(=O)NCCc2nnc(-c3ccccc3)o2)c(C)c1. The number of hydrogen-bond acceptors (Lipinski definition) is 4. The molecule has 3 rings (SSSR count). The number of rotatable bonds is 5. The van der Waals surface area contributed by atoms with E-state index in [4.69, 9.17) is 4.42 Å². The van der Waals surface area contributed by atoms with Crippen molar-refractivity contribution < 1.29 is 9.21 Å². The molecule has 0 radical (unpaired) electrons. The maximum Gasteiger partial charge on any atom is 0.251 e. The zero-order valence-electron chi connectivity index (χ0n) is 13.7. The summed E-state index contributed by atoms with van der Waals surface area (Å²) in [5.41, 5.74) is 3.69. The molecule has 0 unspecified atom stereocenters. The highest BCUT2D eigenvalue weighted by atomic mass is 16.4. The third-order valence-electron chi connectivity index (χ3n) is 3.74. The van der Waals surface area contributed by atoms with Gasteiger partial charge in [0.05, 0.1) is 0 Å². The fourth-order valence-corrected chi connectivity index (χ4v) is 2.50. The van der Waals surface area contributed by atoms with Gasteiger partial charge in [0.1, 0.15) is 0 Å². The Morgan fingerprint density at radius 2 is 1.88 bits per heavy atom. The monoisotopic (exact) mass is 321 g/mol. The largest absolute Gasteiger partial charge is 0.421 e. The predicted molar refractivity (Wildman–Crippen MR) is 91.7 cm³/mol. The molecule has 1 amide bonds. The molecular weight excluding hydrogens is 302 g/mol. The molecule has 0 bridgehead atoms. The smallest absolute Gasteiger partial charge is 0.251 e. The molecule has 0 saturated carbocycles. The standard InChI is InChI=1S/C19H19N3O2/c1-13-8-9-16(14(2)12-13)18(23)20-11-10-17-21-22-19(24-17)15-6-4-3-5-7-15/h3-9,12H,10-11H2,1-2H3,(H,20,23). The molecule has 2 aromatic carbocycles. The molecule has 5 nitrogen and oxygen atoms in total. The number of nitrogens with one attached hydrogen (secondary N) is 1. The lowest BCUT2D eigenvalue weighted by Gasteiger charge is -2.07. The highest BCUT2D eigenvalue weighted by Crippen LogP contribution is 2.17. The number of aryl methyl sites for hydroxylation is 2. The van der Waals surface area contributed by atoms with Gasteiger partial charge >= 0.3 is 0 Å². The van der Waals surface area contributed by atoms with Crippen molar-refractivity contribution in [1.82, 2.24) is 15.5 Å². The Labute approximate surface area is 140 Å². The van der Waals surface area contributed by atoms with Gasteiger partial charge in [-0.2, -0.15) is 0 Å². The summed E-state index contributed by atoms with van der Waals surface area (Å²) in [5, 5.41) is 11.0. The molecule has 1 N–H and O–H groups in total. The zero-order chi connectivity index (χ0) is 16.9. The lowest BCUT2D eigenvalue weighted by Crippen LogP contribution is -2.26. The number of carbonyl (C=O) groups is 1. The van der Waals surface area contributed by atoms with Gasteiger partial charge in [-0.05, 0) is 37.6 Å². The highest BCUT2D eigenvalue weighted by Gasteiger charge is 2.11. The summed E-state index contributed by atoms with van der Waals surface area (Å²) in [6, 6.07) is 15.4. The Morgan fingerprint density at radius 1 is 1.08 bits per heavy atom. The van der Waals surface area contributed by atoms with Crippen molar-refractivity contribution in [1.29, 1.82) is 0 Å². The highest BCUT2D eigenvalue weighted by molar-refractivity contribution is 5.95. The summed E-state index contributed by atoms with van der Waals surface area (Å²) in [5.74, 6) is 0.913. The number of benzene rings is 2. The lowest BCUT2D eigenvalue weighted by molar-refractivity contribution is 0.0953. The molecule has 122 valence electrons. The lowest BCUT2D eigenvalue weighted by atomic mass is 10.1. The first-order chi connectivity index (χ1) is 11.6. The molecule has 0 atom stereocenters. The maximum atomic E-state index is 12.2. The summed E-state index contributed by atoms with van der Waals surface area (Å²) in [7, 11) is 0. The van der Waals surface area contributed by atoms with Gasteiger partial charge in [-0.3, -0.25) is 4.79 Å². The molecule has 0 spiro atoms. The second kappa shape index (κ2) is 7.08. The van der Waals surface area contributed by atoms with Crippen LogP contribution in [0.1, 0.15) is 27.4 Å². The van der Waals surface area contributed by atoms with Crippen molar-refractivity contribution in [3.8, 4) is 11.5 Å². The first kappa shape index (κ1) is 15.9. The van der Waals surface area contributed by atoms with Crippen molar-refractivity contribution in [2.45, 2.75) is 20.3 Å². The Morgan fingerprint density at radius 3 is 2.62 bits per heavy atom. The minimum absolute atomic E-state index is 0.0877. The van der Waals surface area contributed by atoms with Gasteiger partial charge < -0.3 is 9.73 Å². The Kier molecular flexibility index (Phi) is 4.70. The van der Waals surface area contributed by atoms with Crippen molar-refractivity contribution in [2.75, 3.05) is 6.54 Å². The molecule has 0 aliphatic heterocycles.